The third-order valence-corrected chi connectivity index (χ3v) is 5.43. The lowest BCUT2D eigenvalue weighted by Crippen LogP contribution is -2.30. The van der Waals surface area contributed by atoms with E-state index >= 15 is 0 Å². The van der Waals surface area contributed by atoms with Crippen molar-refractivity contribution in [2.75, 3.05) is 6.54 Å². The molecular weight excluding hydrogens is 364 g/mol. The standard InChI is InChI=1S/C21H19ClN2O3/c1-3-4-9-24-18(13-5-7-23-8-6-13)17-19(25)14-11-15(22)12(2)10-16(14)27-20(17)21(24)26/h5-8,10-11,18H,3-4,9H2,1-2H3. The van der Waals surface area contributed by atoms with Gasteiger partial charge in [0.2, 0.25) is 5.76 Å². The molecule has 0 radical (unpaired) electrons. The highest BCUT2D eigenvalue weighted by atomic mass is 35.5. The molecule has 6 heteroatoms. The van der Waals surface area contributed by atoms with Gasteiger partial charge in [-0.2, -0.15) is 0 Å². The lowest BCUT2D eigenvalue weighted by Gasteiger charge is -2.24. The van der Waals surface area contributed by atoms with Crippen molar-refractivity contribution < 1.29 is 9.21 Å². The average Bonchev–Trinajstić information content (AvgIpc) is 2.95. The smallest absolute Gasteiger partial charge is 0.290 e. The van der Waals surface area contributed by atoms with Gasteiger partial charge in [-0.3, -0.25) is 14.6 Å². The van der Waals surface area contributed by atoms with Crippen LogP contribution in [0.15, 0.2) is 45.9 Å². The predicted molar refractivity (Wildman–Crippen MR) is 104 cm³/mol. The SMILES string of the molecule is CCCCN1C(=O)c2oc3cc(C)c(Cl)cc3c(=O)c2C1c1ccncc1. The summed E-state index contributed by atoms with van der Waals surface area (Å²) in [5.74, 6) is -0.112. The van der Waals surface area contributed by atoms with Gasteiger partial charge < -0.3 is 9.32 Å². The van der Waals surface area contributed by atoms with E-state index in [1.807, 2.05) is 19.1 Å². The van der Waals surface area contributed by atoms with Crippen LogP contribution in [0.5, 0.6) is 0 Å². The maximum absolute atomic E-state index is 13.3. The highest BCUT2D eigenvalue weighted by Crippen LogP contribution is 2.38. The number of carbonyl (C=O) groups excluding carboxylic acids is 1. The highest BCUT2D eigenvalue weighted by Gasteiger charge is 2.42. The Kier molecular flexibility index (Phi) is 4.48. The first-order valence-electron chi connectivity index (χ1n) is 9.00. The van der Waals surface area contributed by atoms with Gasteiger partial charge in [0.25, 0.3) is 5.91 Å². The van der Waals surface area contributed by atoms with Crippen LogP contribution in [0, 0.1) is 6.92 Å². The van der Waals surface area contributed by atoms with Crippen LogP contribution in [0.2, 0.25) is 5.02 Å². The summed E-state index contributed by atoms with van der Waals surface area (Å²) in [5.41, 5.74) is 2.21. The number of fused-ring (bicyclic) bond motifs is 2. The summed E-state index contributed by atoms with van der Waals surface area (Å²) in [6, 6.07) is 6.53. The number of pyridine rings is 1. The van der Waals surface area contributed by atoms with Crippen LogP contribution >= 0.6 is 11.6 Å². The number of rotatable bonds is 4. The van der Waals surface area contributed by atoms with E-state index in [2.05, 4.69) is 11.9 Å². The van der Waals surface area contributed by atoms with E-state index in [4.69, 9.17) is 16.0 Å². The molecule has 0 spiro atoms. The second-order valence-electron chi connectivity index (χ2n) is 6.81. The first kappa shape index (κ1) is 17.7. The first-order valence-corrected chi connectivity index (χ1v) is 9.38. The average molecular weight is 383 g/mol. The Morgan fingerprint density at radius 1 is 1.22 bits per heavy atom. The Labute approximate surface area is 161 Å². The molecule has 1 aliphatic heterocycles. The number of unbranched alkanes of at least 4 members (excludes halogenated alkanes) is 1. The van der Waals surface area contributed by atoms with Gasteiger partial charge in [-0.1, -0.05) is 24.9 Å². The van der Waals surface area contributed by atoms with Gasteiger partial charge in [-0.15, -0.1) is 0 Å². The second-order valence-corrected chi connectivity index (χ2v) is 7.21. The van der Waals surface area contributed by atoms with E-state index in [-0.39, 0.29) is 17.1 Å². The molecule has 0 N–H and O–H groups in total. The van der Waals surface area contributed by atoms with Gasteiger partial charge in [0.05, 0.1) is 17.0 Å². The van der Waals surface area contributed by atoms with E-state index in [1.54, 1.807) is 29.4 Å². The van der Waals surface area contributed by atoms with E-state index in [0.29, 0.717) is 28.1 Å². The summed E-state index contributed by atoms with van der Waals surface area (Å²) in [4.78, 5) is 32.2. The Hall–Kier alpha value is -2.66. The molecule has 1 amide bonds. The zero-order valence-corrected chi connectivity index (χ0v) is 15.9. The molecule has 1 unspecified atom stereocenters. The number of amides is 1. The minimum absolute atomic E-state index is 0.132. The molecule has 27 heavy (non-hydrogen) atoms. The van der Waals surface area contributed by atoms with Gasteiger partial charge in [-0.05, 0) is 48.7 Å². The first-order chi connectivity index (χ1) is 13.0. The number of hydrogen-bond acceptors (Lipinski definition) is 4. The van der Waals surface area contributed by atoms with Crippen LogP contribution in [0.1, 0.15) is 53.1 Å². The van der Waals surface area contributed by atoms with E-state index in [1.165, 1.54) is 0 Å². The van der Waals surface area contributed by atoms with Gasteiger partial charge >= 0.3 is 0 Å². The molecule has 1 aliphatic rings. The monoisotopic (exact) mass is 382 g/mol. The van der Waals surface area contributed by atoms with Crippen LogP contribution in [-0.4, -0.2) is 22.3 Å². The maximum Gasteiger partial charge on any atom is 0.290 e. The maximum atomic E-state index is 13.3. The summed E-state index contributed by atoms with van der Waals surface area (Å²) in [6.07, 6.45) is 5.12. The molecule has 3 heterocycles. The normalized spacial score (nSPS) is 16.2. The van der Waals surface area contributed by atoms with Crippen LogP contribution in [0.4, 0.5) is 0 Å². The Morgan fingerprint density at radius 2 is 1.96 bits per heavy atom. The van der Waals surface area contributed by atoms with E-state index in [9.17, 15) is 9.59 Å². The third kappa shape index (κ3) is 2.82. The van der Waals surface area contributed by atoms with Crippen LogP contribution in [0.25, 0.3) is 11.0 Å². The lowest BCUT2D eigenvalue weighted by molar-refractivity contribution is 0.0725. The fraction of sp³-hybridized carbons (Fsp3) is 0.286. The summed E-state index contributed by atoms with van der Waals surface area (Å²) in [6.45, 7) is 4.46. The zero-order chi connectivity index (χ0) is 19.1. The zero-order valence-electron chi connectivity index (χ0n) is 15.2. The van der Waals surface area contributed by atoms with Gasteiger partial charge in [0.15, 0.2) is 5.43 Å². The number of carbonyl (C=O) groups is 1. The van der Waals surface area contributed by atoms with Crippen molar-refractivity contribution in [2.45, 2.75) is 32.7 Å². The minimum atomic E-state index is -0.470. The van der Waals surface area contributed by atoms with E-state index < -0.39 is 6.04 Å². The quantitative estimate of drug-likeness (QED) is 0.666. The molecule has 0 saturated carbocycles. The molecule has 1 aromatic carbocycles. The van der Waals surface area contributed by atoms with Crippen molar-refractivity contribution in [1.29, 1.82) is 0 Å². The van der Waals surface area contributed by atoms with Crippen molar-refractivity contribution in [3.63, 3.8) is 0 Å². The number of hydrogen-bond donors (Lipinski definition) is 0. The third-order valence-electron chi connectivity index (χ3n) is 5.02. The summed E-state index contributed by atoms with van der Waals surface area (Å²) < 4.78 is 5.93. The molecule has 5 nitrogen and oxygen atoms in total. The Morgan fingerprint density at radius 3 is 2.67 bits per heavy atom. The van der Waals surface area contributed by atoms with Crippen LogP contribution in [-0.2, 0) is 0 Å². The van der Waals surface area contributed by atoms with Crippen molar-refractivity contribution in [3.05, 3.63) is 74.4 Å². The molecule has 1 atom stereocenters. The fourth-order valence-electron chi connectivity index (χ4n) is 3.59. The number of benzene rings is 1. The number of nitrogens with zero attached hydrogens (tertiary/aromatic N) is 2. The van der Waals surface area contributed by atoms with Gasteiger partial charge in [-0.25, -0.2) is 0 Å². The lowest BCUT2D eigenvalue weighted by atomic mass is 9.99. The van der Waals surface area contributed by atoms with Gasteiger partial charge in [0, 0.05) is 24.0 Å². The fourth-order valence-corrected chi connectivity index (χ4v) is 3.76. The molecule has 0 saturated heterocycles. The van der Waals surface area contributed by atoms with E-state index in [0.717, 1.165) is 24.0 Å². The minimum Gasteiger partial charge on any atom is -0.450 e. The molecule has 138 valence electrons. The molecule has 0 fully saturated rings. The van der Waals surface area contributed by atoms with Crippen molar-refractivity contribution >= 4 is 28.5 Å². The second kappa shape index (κ2) is 6.82. The summed E-state index contributed by atoms with van der Waals surface area (Å²) in [5, 5.41) is 0.899. The highest BCUT2D eigenvalue weighted by molar-refractivity contribution is 6.32. The van der Waals surface area contributed by atoms with Gasteiger partial charge in [0.1, 0.15) is 5.58 Å². The number of aromatic nitrogens is 1. The number of halogens is 1. The van der Waals surface area contributed by atoms with Crippen molar-refractivity contribution in [2.24, 2.45) is 0 Å². The van der Waals surface area contributed by atoms with Crippen molar-refractivity contribution in [1.82, 2.24) is 9.88 Å². The summed E-state index contributed by atoms with van der Waals surface area (Å²) >= 11 is 6.22. The molecule has 3 aromatic rings. The topological polar surface area (TPSA) is 63.4 Å². The molecule has 0 aliphatic carbocycles. The number of aryl methyl sites for hydroxylation is 1. The Bertz CT molecular complexity index is 1090. The Balaban J connectivity index is 1.99. The van der Waals surface area contributed by atoms with Crippen molar-refractivity contribution in [3.8, 4) is 0 Å². The largest absolute Gasteiger partial charge is 0.450 e. The van der Waals surface area contributed by atoms with Crippen LogP contribution in [0.3, 0.4) is 0 Å². The predicted octanol–water partition coefficient (Wildman–Crippen LogP) is 4.50. The molecule has 4 rings (SSSR count). The summed E-state index contributed by atoms with van der Waals surface area (Å²) in [7, 11) is 0. The molecule has 0 bridgehead atoms. The van der Waals surface area contributed by atoms with Crippen LogP contribution < -0.4 is 5.43 Å². The molecule has 2 aromatic heterocycles. The molecular formula is C21H19ClN2O3.